The molecule has 2 saturated heterocycles. The quantitative estimate of drug-likeness (QED) is 0.590. The Labute approximate surface area is 193 Å². The Hall–Kier alpha value is -2.58. The molecule has 6 nitrogen and oxygen atoms in total. The highest BCUT2D eigenvalue weighted by Crippen LogP contribution is 2.36. The van der Waals surface area contributed by atoms with E-state index in [9.17, 15) is 5.11 Å². The van der Waals surface area contributed by atoms with Crippen molar-refractivity contribution in [2.45, 2.75) is 50.2 Å². The molecule has 3 aromatic carbocycles. The third-order valence-electron chi connectivity index (χ3n) is 5.92. The van der Waals surface area contributed by atoms with Crippen LogP contribution >= 0.6 is 0 Å². The Morgan fingerprint density at radius 2 is 1.30 bits per heavy atom. The molecule has 0 amide bonds. The number of hydrogen-bond acceptors (Lipinski definition) is 6. The summed E-state index contributed by atoms with van der Waals surface area (Å²) in [6.45, 7) is 0.977. The number of aliphatic hydroxyl groups is 1. The first-order valence-electron chi connectivity index (χ1n) is 11.2. The van der Waals surface area contributed by atoms with Gasteiger partial charge < -0.3 is 28.8 Å². The monoisotopic (exact) mass is 448 g/mol. The average Bonchev–Trinajstić information content (AvgIpc) is 2.88. The van der Waals surface area contributed by atoms with Crippen molar-refractivity contribution < 1.29 is 28.8 Å². The van der Waals surface area contributed by atoms with Crippen molar-refractivity contribution in [3.63, 3.8) is 0 Å². The molecule has 6 atom stereocenters. The molecule has 2 heterocycles. The summed E-state index contributed by atoms with van der Waals surface area (Å²) in [6.07, 6.45) is -3.98. The van der Waals surface area contributed by atoms with Crippen molar-refractivity contribution in [3.05, 3.63) is 108 Å². The maximum Gasteiger partial charge on any atom is 0.187 e. The van der Waals surface area contributed by atoms with E-state index >= 15 is 0 Å². The van der Waals surface area contributed by atoms with Gasteiger partial charge in [-0.05, 0) is 11.1 Å². The topological polar surface area (TPSA) is 66.4 Å². The third kappa shape index (κ3) is 5.33. The van der Waals surface area contributed by atoms with Crippen LogP contribution in [0.2, 0.25) is 0 Å². The van der Waals surface area contributed by atoms with Crippen LogP contribution in [0.15, 0.2) is 91.0 Å². The predicted octanol–water partition coefficient (Wildman–Crippen LogP) is 3.99. The number of benzene rings is 3. The largest absolute Gasteiger partial charge is 0.385 e. The Balaban J connectivity index is 1.32. The standard InChI is InChI=1S/C27H28O6/c28-23-25(29-16-19-10-4-1-5-11-19)24-22(18-31-26(33-24)21-14-8-3-9-15-21)32-27(23)30-17-20-12-6-2-7-13-20/h1-15,22-28H,16-18H2/t22-,23+,24+,25+,26-,27-/m0/s1. The average molecular weight is 449 g/mol. The second-order valence-corrected chi connectivity index (χ2v) is 8.27. The Bertz CT molecular complexity index is 983. The zero-order valence-corrected chi connectivity index (χ0v) is 18.2. The lowest BCUT2D eigenvalue weighted by atomic mass is 9.97. The molecule has 0 radical (unpaired) electrons. The van der Waals surface area contributed by atoms with Gasteiger partial charge in [0.05, 0.1) is 19.8 Å². The van der Waals surface area contributed by atoms with Crippen molar-refractivity contribution in [2.75, 3.05) is 6.61 Å². The normalized spacial score (nSPS) is 29.4. The zero-order valence-electron chi connectivity index (χ0n) is 18.2. The van der Waals surface area contributed by atoms with Gasteiger partial charge in [-0.1, -0.05) is 91.0 Å². The van der Waals surface area contributed by atoms with E-state index in [2.05, 4.69) is 0 Å². The molecule has 0 unspecified atom stereocenters. The van der Waals surface area contributed by atoms with Gasteiger partial charge in [0, 0.05) is 5.56 Å². The molecule has 0 bridgehead atoms. The van der Waals surface area contributed by atoms with Crippen LogP contribution in [0, 0.1) is 0 Å². The van der Waals surface area contributed by atoms with Crippen LogP contribution in [0.25, 0.3) is 0 Å². The molecule has 33 heavy (non-hydrogen) atoms. The first-order valence-corrected chi connectivity index (χ1v) is 11.2. The lowest BCUT2D eigenvalue weighted by molar-refractivity contribution is -0.368. The molecule has 172 valence electrons. The van der Waals surface area contributed by atoms with Gasteiger partial charge in [-0.3, -0.25) is 0 Å². The summed E-state index contributed by atoms with van der Waals surface area (Å²) in [6, 6.07) is 29.4. The van der Waals surface area contributed by atoms with E-state index in [-0.39, 0.29) is 0 Å². The van der Waals surface area contributed by atoms with Gasteiger partial charge in [-0.15, -0.1) is 0 Å². The highest BCUT2D eigenvalue weighted by atomic mass is 16.8. The maximum absolute atomic E-state index is 11.2. The van der Waals surface area contributed by atoms with Crippen molar-refractivity contribution >= 4 is 0 Å². The van der Waals surface area contributed by atoms with Crippen molar-refractivity contribution in [1.82, 2.24) is 0 Å². The third-order valence-corrected chi connectivity index (χ3v) is 5.92. The van der Waals surface area contributed by atoms with E-state index in [1.165, 1.54) is 0 Å². The number of rotatable bonds is 7. The highest BCUT2D eigenvalue weighted by molar-refractivity contribution is 5.17. The molecule has 0 aromatic heterocycles. The van der Waals surface area contributed by atoms with E-state index in [1.54, 1.807) is 0 Å². The molecular weight excluding hydrogens is 420 g/mol. The van der Waals surface area contributed by atoms with Gasteiger partial charge in [0.25, 0.3) is 0 Å². The zero-order chi connectivity index (χ0) is 22.5. The number of hydrogen-bond donors (Lipinski definition) is 1. The van der Waals surface area contributed by atoms with Crippen LogP contribution in [0.3, 0.4) is 0 Å². The number of ether oxygens (including phenoxy) is 5. The van der Waals surface area contributed by atoms with Gasteiger partial charge in [-0.2, -0.15) is 0 Å². The summed E-state index contributed by atoms with van der Waals surface area (Å²) in [4.78, 5) is 0. The summed E-state index contributed by atoms with van der Waals surface area (Å²) in [5.41, 5.74) is 2.92. The summed E-state index contributed by atoms with van der Waals surface area (Å²) in [7, 11) is 0. The molecule has 2 aliphatic rings. The maximum atomic E-state index is 11.2. The minimum Gasteiger partial charge on any atom is -0.385 e. The van der Waals surface area contributed by atoms with E-state index in [0.29, 0.717) is 19.8 Å². The summed E-state index contributed by atoms with van der Waals surface area (Å²) in [5.74, 6) is 0. The molecule has 0 aliphatic carbocycles. The molecule has 2 fully saturated rings. The Morgan fingerprint density at radius 1 is 0.727 bits per heavy atom. The van der Waals surface area contributed by atoms with E-state index in [0.717, 1.165) is 16.7 Å². The minimum absolute atomic E-state index is 0.313. The van der Waals surface area contributed by atoms with Gasteiger partial charge in [0.15, 0.2) is 12.6 Å². The molecule has 2 aliphatic heterocycles. The lowest BCUT2D eigenvalue weighted by Gasteiger charge is -2.47. The van der Waals surface area contributed by atoms with Gasteiger partial charge in [0.1, 0.15) is 24.4 Å². The smallest absolute Gasteiger partial charge is 0.187 e. The van der Waals surface area contributed by atoms with Crippen molar-refractivity contribution in [3.8, 4) is 0 Å². The summed E-state index contributed by atoms with van der Waals surface area (Å²) in [5, 5.41) is 11.2. The summed E-state index contributed by atoms with van der Waals surface area (Å²) < 4.78 is 30.5. The van der Waals surface area contributed by atoms with Crippen molar-refractivity contribution in [1.29, 1.82) is 0 Å². The number of aliphatic hydroxyl groups excluding tert-OH is 1. The molecule has 5 rings (SSSR count). The Morgan fingerprint density at radius 3 is 1.94 bits per heavy atom. The highest BCUT2D eigenvalue weighted by Gasteiger charge is 2.50. The lowest BCUT2D eigenvalue weighted by Crippen LogP contribution is -2.62. The van der Waals surface area contributed by atoms with E-state index < -0.39 is 37.0 Å². The predicted molar refractivity (Wildman–Crippen MR) is 121 cm³/mol. The van der Waals surface area contributed by atoms with Gasteiger partial charge in [-0.25, -0.2) is 0 Å². The van der Waals surface area contributed by atoms with Crippen molar-refractivity contribution in [2.24, 2.45) is 0 Å². The van der Waals surface area contributed by atoms with E-state index in [1.807, 2.05) is 91.0 Å². The van der Waals surface area contributed by atoms with E-state index in [4.69, 9.17) is 23.7 Å². The Kier molecular flexibility index (Phi) is 7.12. The fraction of sp³-hybridized carbons (Fsp3) is 0.333. The second-order valence-electron chi connectivity index (χ2n) is 8.27. The molecule has 6 heteroatoms. The van der Waals surface area contributed by atoms with Crippen LogP contribution in [-0.4, -0.2) is 42.4 Å². The fourth-order valence-electron chi connectivity index (χ4n) is 4.19. The fourth-order valence-corrected chi connectivity index (χ4v) is 4.19. The first kappa shape index (κ1) is 22.2. The van der Waals surface area contributed by atoms with Crippen LogP contribution in [0.4, 0.5) is 0 Å². The first-order chi connectivity index (χ1) is 16.3. The summed E-state index contributed by atoms with van der Waals surface area (Å²) >= 11 is 0. The molecule has 1 N–H and O–H groups in total. The molecule has 0 saturated carbocycles. The SMILES string of the molecule is O[C@H]1[C@@H](OCc2ccccc2)O[C@H]2CO[C@H](c3ccccc3)O[C@H]2[C@@H]1OCc1ccccc1. The van der Waals surface area contributed by atoms with Gasteiger partial charge in [0.2, 0.25) is 0 Å². The molecular formula is C27H28O6. The second kappa shape index (κ2) is 10.6. The minimum atomic E-state index is -1.02. The van der Waals surface area contributed by atoms with Crippen LogP contribution in [0.1, 0.15) is 23.0 Å². The van der Waals surface area contributed by atoms with Crippen LogP contribution < -0.4 is 0 Å². The molecule has 0 spiro atoms. The molecule has 3 aromatic rings. The van der Waals surface area contributed by atoms with Gasteiger partial charge >= 0.3 is 0 Å². The van der Waals surface area contributed by atoms with Crippen LogP contribution in [-0.2, 0) is 36.9 Å². The number of fused-ring (bicyclic) bond motifs is 1. The van der Waals surface area contributed by atoms with Crippen LogP contribution in [0.5, 0.6) is 0 Å².